The van der Waals surface area contributed by atoms with Gasteiger partial charge in [0.25, 0.3) is 5.91 Å². The van der Waals surface area contributed by atoms with E-state index in [0.717, 1.165) is 16.8 Å². The maximum Gasteiger partial charge on any atom is 0.264 e. The van der Waals surface area contributed by atoms with Crippen LogP contribution in [0.3, 0.4) is 0 Å². The number of benzene rings is 2. The van der Waals surface area contributed by atoms with E-state index in [1.54, 1.807) is 18.2 Å². The largest absolute Gasteiger partial charge is 0.504 e. The van der Waals surface area contributed by atoms with E-state index in [0.29, 0.717) is 15.8 Å². The molecule has 24 heavy (non-hydrogen) atoms. The predicted octanol–water partition coefficient (Wildman–Crippen LogP) is 3.60. The van der Waals surface area contributed by atoms with E-state index in [1.165, 1.54) is 24.9 Å². The van der Waals surface area contributed by atoms with Gasteiger partial charge < -0.3 is 15.2 Å². The van der Waals surface area contributed by atoms with Crippen molar-refractivity contribution in [1.29, 1.82) is 0 Å². The molecular formula is C18H16N2O3S. The van der Waals surface area contributed by atoms with Crippen LogP contribution in [0.25, 0.3) is 6.08 Å². The van der Waals surface area contributed by atoms with Gasteiger partial charge in [-0.1, -0.05) is 23.8 Å². The molecule has 1 fully saturated rings. The number of phenolic OH excluding ortho intramolecular Hbond substituents is 1. The molecular weight excluding hydrogens is 324 g/mol. The molecule has 2 N–H and O–H groups in total. The van der Waals surface area contributed by atoms with Crippen LogP contribution in [0.15, 0.2) is 52.4 Å². The molecule has 0 aromatic heterocycles. The highest BCUT2D eigenvalue weighted by atomic mass is 32.2. The van der Waals surface area contributed by atoms with Crippen LogP contribution >= 0.6 is 11.8 Å². The number of nitrogens with zero attached hydrogens (tertiary/aromatic N) is 1. The lowest BCUT2D eigenvalue weighted by atomic mass is 10.2. The summed E-state index contributed by atoms with van der Waals surface area (Å²) >= 11 is 1.28. The molecule has 0 unspecified atom stereocenters. The molecule has 5 nitrogen and oxygen atoms in total. The SMILES string of the molecule is COc1cc(C=C2SC(=Nc3ccc(C)cc3)NC2=O)ccc1O. The molecule has 2 aromatic rings. The van der Waals surface area contributed by atoms with Gasteiger partial charge >= 0.3 is 0 Å². The number of amides is 1. The van der Waals surface area contributed by atoms with E-state index >= 15 is 0 Å². The minimum atomic E-state index is -0.196. The molecule has 2 aromatic carbocycles. The molecule has 1 aliphatic rings. The van der Waals surface area contributed by atoms with Gasteiger partial charge in [0.2, 0.25) is 0 Å². The van der Waals surface area contributed by atoms with Crippen LogP contribution < -0.4 is 10.1 Å². The second kappa shape index (κ2) is 6.80. The smallest absolute Gasteiger partial charge is 0.264 e. The van der Waals surface area contributed by atoms with E-state index in [2.05, 4.69) is 10.3 Å². The number of phenols is 1. The van der Waals surface area contributed by atoms with Gasteiger partial charge in [-0.05, 0) is 54.6 Å². The van der Waals surface area contributed by atoms with Crippen LogP contribution in [-0.2, 0) is 4.79 Å². The third-order valence-corrected chi connectivity index (χ3v) is 4.33. The summed E-state index contributed by atoms with van der Waals surface area (Å²) in [4.78, 5) is 17.1. The number of carbonyl (C=O) groups is 1. The molecule has 1 aliphatic heterocycles. The molecule has 0 radical (unpaired) electrons. The van der Waals surface area contributed by atoms with Crippen LogP contribution in [0.5, 0.6) is 11.5 Å². The Balaban J connectivity index is 1.83. The number of aromatic hydroxyl groups is 1. The van der Waals surface area contributed by atoms with Gasteiger partial charge in [-0.25, -0.2) is 4.99 Å². The lowest BCUT2D eigenvalue weighted by Crippen LogP contribution is -2.19. The van der Waals surface area contributed by atoms with Gasteiger partial charge in [-0.2, -0.15) is 0 Å². The van der Waals surface area contributed by atoms with E-state index in [9.17, 15) is 9.90 Å². The third-order valence-electron chi connectivity index (χ3n) is 3.42. The number of nitrogens with one attached hydrogen (secondary N) is 1. The van der Waals surface area contributed by atoms with Crippen LogP contribution in [0, 0.1) is 6.92 Å². The van der Waals surface area contributed by atoms with Crippen molar-refractivity contribution in [1.82, 2.24) is 5.32 Å². The van der Waals surface area contributed by atoms with Crippen molar-refractivity contribution in [2.24, 2.45) is 4.99 Å². The number of methoxy groups -OCH3 is 1. The summed E-state index contributed by atoms with van der Waals surface area (Å²) in [7, 11) is 1.48. The Morgan fingerprint density at radius 3 is 2.67 bits per heavy atom. The molecule has 1 amide bonds. The average molecular weight is 340 g/mol. The van der Waals surface area contributed by atoms with Crippen molar-refractivity contribution < 1.29 is 14.6 Å². The number of hydrogen-bond donors (Lipinski definition) is 2. The van der Waals surface area contributed by atoms with Crippen molar-refractivity contribution in [3.05, 3.63) is 58.5 Å². The first-order valence-corrected chi connectivity index (χ1v) is 8.10. The van der Waals surface area contributed by atoms with E-state index in [-0.39, 0.29) is 11.7 Å². The molecule has 0 spiro atoms. The van der Waals surface area contributed by atoms with Crippen molar-refractivity contribution in [3.8, 4) is 11.5 Å². The summed E-state index contributed by atoms with van der Waals surface area (Å²) in [6.45, 7) is 2.01. The lowest BCUT2D eigenvalue weighted by Gasteiger charge is -2.03. The van der Waals surface area contributed by atoms with Crippen LogP contribution in [-0.4, -0.2) is 23.3 Å². The first-order chi connectivity index (χ1) is 11.5. The minimum Gasteiger partial charge on any atom is -0.504 e. The molecule has 0 saturated carbocycles. The Hall–Kier alpha value is -2.73. The minimum absolute atomic E-state index is 0.0600. The molecule has 0 bridgehead atoms. The Morgan fingerprint density at radius 2 is 1.96 bits per heavy atom. The zero-order valence-corrected chi connectivity index (χ0v) is 14.1. The number of carbonyl (C=O) groups excluding carboxylic acids is 1. The number of aryl methyl sites for hydroxylation is 1. The topological polar surface area (TPSA) is 70.9 Å². The molecule has 1 heterocycles. The lowest BCUT2D eigenvalue weighted by molar-refractivity contribution is -0.115. The van der Waals surface area contributed by atoms with Crippen molar-refractivity contribution >= 4 is 34.6 Å². The van der Waals surface area contributed by atoms with E-state index in [1.807, 2.05) is 31.2 Å². The molecule has 122 valence electrons. The van der Waals surface area contributed by atoms with Crippen molar-refractivity contribution in [2.75, 3.05) is 7.11 Å². The summed E-state index contributed by atoms with van der Waals surface area (Å²) in [5.74, 6) is 0.226. The number of ether oxygens (including phenoxy) is 1. The molecule has 0 atom stereocenters. The molecule has 0 aliphatic carbocycles. The van der Waals surface area contributed by atoms with Gasteiger partial charge in [-0.3, -0.25) is 4.79 Å². The van der Waals surface area contributed by atoms with Gasteiger partial charge in [0.05, 0.1) is 17.7 Å². The quantitative estimate of drug-likeness (QED) is 0.838. The average Bonchev–Trinajstić information content (AvgIpc) is 2.91. The normalized spacial score (nSPS) is 17.3. The number of amidine groups is 1. The molecule has 1 saturated heterocycles. The number of hydrogen-bond acceptors (Lipinski definition) is 5. The van der Waals surface area contributed by atoms with E-state index < -0.39 is 0 Å². The molecule has 3 rings (SSSR count). The summed E-state index contributed by atoms with van der Waals surface area (Å²) in [6.07, 6.45) is 1.74. The summed E-state index contributed by atoms with van der Waals surface area (Å²) < 4.78 is 5.08. The highest BCUT2D eigenvalue weighted by Gasteiger charge is 2.23. The third kappa shape index (κ3) is 3.60. The van der Waals surface area contributed by atoms with E-state index in [4.69, 9.17) is 4.74 Å². The van der Waals surface area contributed by atoms with Gasteiger partial charge in [0, 0.05) is 0 Å². The highest BCUT2D eigenvalue weighted by molar-refractivity contribution is 8.18. The number of aliphatic imine (C=N–C) groups is 1. The molecule has 6 heteroatoms. The fourth-order valence-corrected chi connectivity index (χ4v) is 2.99. The number of thioether (sulfide) groups is 1. The summed E-state index contributed by atoms with van der Waals surface area (Å²) in [5.41, 5.74) is 2.71. The first kappa shape index (κ1) is 16.1. The fraction of sp³-hybridized carbons (Fsp3) is 0.111. The van der Waals surface area contributed by atoms with Crippen molar-refractivity contribution in [2.45, 2.75) is 6.92 Å². The zero-order chi connectivity index (χ0) is 17.1. The standard InChI is InChI=1S/C18H16N2O3S/c1-11-3-6-13(7-4-11)19-18-20-17(22)16(24-18)10-12-5-8-14(21)15(9-12)23-2/h3-10,21H,1-2H3,(H,19,20,22). The summed E-state index contributed by atoms with van der Waals surface area (Å²) in [5, 5.41) is 12.9. The second-order valence-corrected chi connectivity index (χ2v) is 6.28. The Bertz CT molecular complexity index is 842. The fourth-order valence-electron chi connectivity index (χ4n) is 2.15. The van der Waals surface area contributed by atoms with Crippen LogP contribution in [0.4, 0.5) is 5.69 Å². The van der Waals surface area contributed by atoms with Crippen LogP contribution in [0.2, 0.25) is 0 Å². The maximum absolute atomic E-state index is 12.1. The first-order valence-electron chi connectivity index (χ1n) is 7.28. The Kier molecular flexibility index (Phi) is 4.57. The predicted molar refractivity (Wildman–Crippen MR) is 96.6 cm³/mol. The van der Waals surface area contributed by atoms with Gasteiger partial charge in [0.1, 0.15) is 0 Å². The number of rotatable bonds is 3. The zero-order valence-electron chi connectivity index (χ0n) is 13.2. The monoisotopic (exact) mass is 340 g/mol. The summed E-state index contributed by atoms with van der Waals surface area (Å²) in [6, 6.07) is 12.7. The Morgan fingerprint density at radius 1 is 1.21 bits per heavy atom. The van der Waals surface area contributed by atoms with Gasteiger partial charge in [0.15, 0.2) is 16.7 Å². The highest BCUT2D eigenvalue weighted by Crippen LogP contribution is 2.31. The Labute approximate surface area is 144 Å². The second-order valence-electron chi connectivity index (χ2n) is 5.25. The van der Waals surface area contributed by atoms with Crippen molar-refractivity contribution in [3.63, 3.8) is 0 Å². The van der Waals surface area contributed by atoms with Crippen LogP contribution in [0.1, 0.15) is 11.1 Å². The maximum atomic E-state index is 12.1. The van der Waals surface area contributed by atoms with Gasteiger partial charge in [-0.15, -0.1) is 0 Å².